The number of para-hydroxylation sites is 4. The van der Waals surface area contributed by atoms with Gasteiger partial charge in [-0.2, -0.15) is 0 Å². The summed E-state index contributed by atoms with van der Waals surface area (Å²) in [5, 5.41) is 54.5. The highest BCUT2D eigenvalue weighted by atomic mass is 16.6. The summed E-state index contributed by atoms with van der Waals surface area (Å²) in [6.07, 6.45) is 0. The molecule has 13 nitrogen and oxygen atoms in total. The molecule has 2 aromatic heterocycles. The number of aromatic nitrogens is 4. The summed E-state index contributed by atoms with van der Waals surface area (Å²) < 4.78 is 4.41. The monoisotopic (exact) mass is 691 g/mol. The fourth-order valence-electron chi connectivity index (χ4n) is 6.31. The van der Waals surface area contributed by atoms with Crippen LogP contribution < -0.4 is 22.4 Å². The van der Waals surface area contributed by atoms with E-state index in [1.165, 1.54) is 24.3 Å². The standard InChI is InChI=1S/C39H29N7O6/c40-38-42(26-13-5-1-6-14-26)34(47)32(35(48)43(38)27-15-7-2-8-16-27)31(25-21-23-30(24-22-25)46(51)52)33-36(49)44(28-17-9-3-10-18-28)39(41)45(37(33)50)29-19-11-4-12-20-29/h1-24,31,40-41,47,49H. The van der Waals surface area contributed by atoms with Crippen molar-refractivity contribution in [2.24, 2.45) is 0 Å². The van der Waals surface area contributed by atoms with Crippen LogP contribution in [0.4, 0.5) is 5.69 Å². The molecule has 0 aliphatic rings. The third kappa shape index (κ3) is 5.57. The second-order valence-corrected chi connectivity index (χ2v) is 11.7. The molecule has 0 unspecified atom stereocenters. The van der Waals surface area contributed by atoms with Gasteiger partial charge in [0.15, 0.2) is 0 Å². The smallest absolute Gasteiger partial charge is 0.269 e. The van der Waals surface area contributed by atoms with Crippen molar-refractivity contribution in [1.82, 2.24) is 18.3 Å². The maximum Gasteiger partial charge on any atom is 0.269 e. The molecule has 0 saturated heterocycles. The molecule has 0 radical (unpaired) electrons. The highest BCUT2D eigenvalue weighted by Gasteiger charge is 2.35. The molecule has 0 aliphatic heterocycles. The van der Waals surface area contributed by atoms with Gasteiger partial charge in [-0.25, -0.2) is 9.13 Å². The van der Waals surface area contributed by atoms with E-state index in [0.717, 1.165) is 18.3 Å². The number of aromatic hydroxyl groups is 2. The van der Waals surface area contributed by atoms with E-state index >= 15 is 0 Å². The van der Waals surface area contributed by atoms with Crippen molar-refractivity contribution in [3.8, 4) is 34.5 Å². The van der Waals surface area contributed by atoms with Crippen LogP contribution in [0.5, 0.6) is 11.8 Å². The second-order valence-electron chi connectivity index (χ2n) is 11.7. The summed E-state index contributed by atoms with van der Waals surface area (Å²) in [5.74, 6) is -3.01. The predicted octanol–water partition coefficient (Wildman–Crippen LogP) is 5.03. The van der Waals surface area contributed by atoms with Gasteiger partial charge in [0.2, 0.25) is 23.0 Å². The minimum atomic E-state index is -1.60. The number of benzene rings is 5. The Bertz CT molecular complexity index is 2530. The van der Waals surface area contributed by atoms with Gasteiger partial charge in [0.05, 0.1) is 44.7 Å². The van der Waals surface area contributed by atoms with E-state index in [9.17, 15) is 40.7 Å². The number of non-ortho nitro benzene ring substituents is 1. The highest BCUT2D eigenvalue weighted by Crippen LogP contribution is 2.38. The van der Waals surface area contributed by atoms with Crippen LogP contribution in [0.1, 0.15) is 22.6 Å². The Morgan fingerprint density at radius 3 is 1.12 bits per heavy atom. The molecule has 7 rings (SSSR count). The van der Waals surface area contributed by atoms with Crippen LogP contribution >= 0.6 is 0 Å². The van der Waals surface area contributed by atoms with Crippen molar-refractivity contribution in [2.45, 2.75) is 5.92 Å². The van der Waals surface area contributed by atoms with Crippen LogP contribution in [0.2, 0.25) is 0 Å². The predicted molar refractivity (Wildman–Crippen MR) is 192 cm³/mol. The Labute approximate surface area is 294 Å². The minimum absolute atomic E-state index is 0.124. The van der Waals surface area contributed by atoms with E-state index in [1.807, 2.05) is 0 Å². The van der Waals surface area contributed by atoms with Gasteiger partial charge in [-0.15, -0.1) is 0 Å². The van der Waals surface area contributed by atoms with Gasteiger partial charge in [0.1, 0.15) is 0 Å². The Morgan fingerprint density at radius 1 is 0.500 bits per heavy atom. The average Bonchev–Trinajstić information content (AvgIpc) is 3.16. The molecule has 0 bridgehead atoms. The number of rotatable bonds is 8. The molecule has 256 valence electrons. The van der Waals surface area contributed by atoms with E-state index in [2.05, 4.69) is 0 Å². The van der Waals surface area contributed by atoms with Crippen LogP contribution in [0.3, 0.4) is 0 Å². The van der Waals surface area contributed by atoms with Gasteiger partial charge in [-0.3, -0.25) is 39.7 Å². The minimum Gasteiger partial charge on any atom is -0.494 e. The number of hydrogen-bond acceptors (Lipinski definition) is 8. The van der Waals surface area contributed by atoms with Crippen molar-refractivity contribution >= 4 is 5.69 Å². The number of nitro groups is 1. The first-order valence-electron chi connectivity index (χ1n) is 16.0. The lowest BCUT2D eigenvalue weighted by atomic mass is 9.86. The van der Waals surface area contributed by atoms with Crippen LogP contribution in [0.25, 0.3) is 22.7 Å². The van der Waals surface area contributed by atoms with Crippen molar-refractivity contribution in [3.63, 3.8) is 0 Å². The Hall–Kier alpha value is -7.54. The summed E-state index contributed by atoms with van der Waals surface area (Å²) in [5.41, 5.74) is -2.43. The van der Waals surface area contributed by atoms with Crippen molar-refractivity contribution < 1.29 is 15.1 Å². The first kappa shape index (κ1) is 33.0. The molecule has 0 spiro atoms. The molecule has 0 amide bonds. The summed E-state index contributed by atoms with van der Waals surface area (Å²) in [6, 6.07) is 38.4. The van der Waals surface area contributed by atoms with Gasteiger partial charge in [0, 0.05) is 12.1 Å². The topological polar surface area (TPSA) is 185 Å². The maximum atomic E-state index is 14.9. The molecule has 7 aromatic rings. The molecule has 0 saturated carbocycles. The fraction of sp³-hybridized carbons (Fsp3) is 0.0256. The van der Waals surface area contributed by atoms with E-state index in [4.69, 9.17) is 0 Å². The first-order chi connectivity index (χ1) is 25.2. The average molecular weight is 692 g/mol. The third-order valence-corrected chi connectivity index (χ3v) is 8.69. The molecule has 2 heterocycles. The van der Waals surface area contributed by atoms with E-state index in [1.54, 1.807) is 121 Å². The maximum absolute atomic E-state index is 14.9. The van der Waals surface area contributed by atoms with Crippen LogP contribution in [-0.2, 0) is 0 Å². The van der Waals surface area contributed by atoms with Gasteiger partial charge < -0.3 is 10.2 Å². The van der Waals surface area contributed by atoms with E-state index in [0.29, 0.717) is 11.4 Å². The molecule has 13 heteroatoms. The lowest BCUT2D eigenvalue weighted by Gasteiger charge is -2.25. The van der Waals surface area contributed by atoms with Gasteiger partial charge in [-0.05, 0) is 54.1 Å². The quantitative estimate of drug-likeness (QED) is 0.128. The van der Waals surface area contributed by atoms with Crippen molar-refractivity contribution in [3.05, 3.63) is 204 Å². The SMILES string of the molecule is N=c1n(-c2ccccc2)c(O)c(C(c2ccc([N+](=O)[O-])cc2)c2c(O)n(-c3ccccc3)c(=N)n(-c3ccccc3)c2=O)c(=O)n1-c1ccccc1. The Morgan fingerprint density at radius 2 is 0.808 bits per heavy atom. The van der Waals surface area contributed by atoms with Crippen molar-refractivity contribution in [2.75, 3.05) is 0 Å². The molecular weight excluding hydrogens is 662 g/mol. The molecule has 52 heavy (non-hydrogen) atoms. The van der Waals surface area contributed by atoms with E-state index in [-0.39, 0.29) is 22.6 Å². The largest absolute Gasteiger partial charge is 0.494 e. The molecular formula is C39H29N7O6. The summed E-state index contributed by atoms with van der Waals surface area (Å²) in [4.78, 5) is 40.9. The first-order valence-corrected chi connectivity index (χ1v) is 16.0. The lowest BCUT2D eigenvalue weighted by Crippen LogP contribution is -2.44. The second kappa shape index (κ2) is 13.4. The number of nitrogens with zero attached hydrogens (tertiary/aromatic N) is 5. The zero-order valence-corrected chi connectivity index (χ0v) is 27.2. The van der Waals surface area contributed by atoms with Gasteiger partial charge in [-0.1, -0.05) is 84.9 Å². The van der Waals surface area contributed by atoms with E-state index < -0.39 is 56.1 Å². The Kier molecular flexibility index (Phi) is 8.50. The Balaban J connectivity index is 1.69. The number of hydrogen-bond donors (Lipinski definition) is 4. The third-order valence-electron chi connectivity index (χ3n) is 8.69. The number of nitrogens with one attached hydrogen (secondary N) is 2. The fourth-order valence-corrected chi connectivity index (χ4v) is 6.31. The van der Waals surface area contributed by atoms with Crippen LogP contribution in [-0.4, -0.2) is 33.4 Å². The molecule has 5 aromatic carbocycles. The van der Waals surface area contributed by atoms with Gasteiger partial charge in [0.25, 0.3) is 16.8 Å². The molecule has 4 N–H and O–H groups in total. The lowest BCUT2D eigenvalue weighted by molar-refractivity contribution is -0.384. The summed E-state index contributed by atoms with van der Waals surface area (Å²) >= 11 is 0. The molecule has 0 atom stereocenters. The summed E-state index contributed by atoms with van der Waals surface area (Å²) in [7, 11) is 0. The molecule has 0 aliphatic carbocycles. The van der Waals surface area contributed by atoms with Crippen LogP contribution in [0, 0.1) is 20.9 Å². The highest BCUT2D eigenvalue weighted by molar-refractivity contribution is 5.54. The van der Waals surface area contributed by atoms with Crippen molar-refractivity contribution in [1.29, 1.82) is 10.8 Å². The van der Waals surface area contributed by atoms with Gasteiger partial charge >= 0.3 is 0 Å². The number of nitro benzene ring substituents is 1. The normalized spacial score (nSPS) is 11.6. The summed E-state index contributed by atoms with van der Waals surface area (Å²) in [6.45, 7) is 0. The molecule has 0 fully saturated rings. The zero-order chi connectivity index (χ0) is 36.5. The zero-order valence-electron chi connectivity index (χ0n) is 27.2. The van der Waals surface area contributed by atoms with Crippen LogP contribution in [0.15, 0.2) is 155 Å².